The van der Waals surface area contributed by atoms with E-state index in [0.717, 1.165) is 32.0 Å². The van der Waals surface area contributed by atoms with Crippen LogP contribution in [0.5, 0.6) is 5.75 Å². The lowest BCUT2D eigenvalue weighted by Crippen LogP contribution is -2.43. The first-order valence-electron chi connectivity index (χ1n) is 9.66. The minimum Gasteiger partial charge on any atom is -0.481 e. The van der Waals surface area contributed by atoms with Gasteiger partial charge in [0.15, 0.2) is 17.6 Å². The molecule has 0 aromatic carbocycles. The number of ether oxygens (including phenoxy) is 2. The Kier molecular flexibility index (Phi) is 5.83. The molecule has 166 valence electrons. The van der Waals surface area contributed by atoms with Crippen LogP contribution in [0.4, 0.5) is 17.6 Å². The molecule has 1 aromatic heterocycles. The minimum absolute atomic E-state index is 0.0148. The van der Waals surface area contributed by atoms with Gasteiger partial charge in [0.05, 0.1) is 18.8 Å². The van der Waals surface area contributed by atoms with Gasteiger partial charge in [-0.25, -0.2) is 4.39 Å². The third-order valence-electron chi connectivity index (χ3n) is 5.77. The van der Waals surface area contributed by atoms with E-state index >= 15 is 0 Å². The second-order valence-corrected chi connectivity index (χ2v) is 8.50. The first-order chi connectivity index (χ1) is 13.8. The molecule has 2 fully saturated rings. The Bertz CT molecular complexity index is 837. The summed E-state index contributed by atoms with van der Waals surface area (Å²) in [5, 5.41) is 0. The van der Waals surface area contributed by atoms with E-state index in [1.807, 2.05) is 0 Å². The molecule has 0 radical (unpaired) electrons. The summed E-state index contributed by atoms with van der Waals surface area (Å²) in [5.41, 5.74) is 2.30. The van der Waals surface area contributed by atoms with E-state index in [1.54, 1.807) is 6.92 Å². The largest absolute Gasteiger partial charge is 0.481 e. The Morgan fingerprint density at radius 3 is 2.43 bits per heavy atom. The molecule has 6 nitrogen and oxygen atoms in total. The summed E-state index contributed by atoms with van der Waals surface area (Å²) < 4.78 is 63.6. The number of hydrogen-bond acceptors (Lipinski definition) is 5. The molecular weight excluding hydrogens is 408 g/mol. The molecule has 2 aliphatic rings. The summed E-state index contributed by atoms with van der Waals surface area (Å²) in [6.45, 7) is 1.91. The Labute approximate surface area is 171 Å². The van der Waals surface area contributed by atoms with Crippen LogP contribution in [0.25, 0.3) is 0 Å². The number of nitrogens with two attached hydrogens (primary N) is 1. The summed E-state index contributed by atoms with van der Waals surface area (Å²) >= 11 is 0. The number of amides is 1. The van der Waals surface area contributed by atoms with Gasteiger partial charge >= 0.3 is 6.18 Å². The molecule has 1 saturated carbocycles. The van der Waals surface area contributed by atoms with Gasteiger partial charge in [0.1, 0.15) is 11.4 Å². The molecule has 1 aromatic rings. The molecule has 10 heteroatoms. The van der Waals surface area contributed by atoms with Crippen molar-refractivity contribution in [3.63, 3.8) is 0 Å². The molecule has 0 bridgehead atoms. The van der Waals surface area contributed by atoms with Gasteiger partial charge in [0, 0.05) is 25.1 Å². The number of primary amides is 1. The van der Waals surface area contributed by atoms with E-state index in [-0.39, 0.29) is 43.2 Å². The van der Waals surface area contributed by atoms with Crippen molar-refractivity contribution < 1.29 is 36.6 Å². The fourth-order valence-corrected chi connectivity index (χ4v) is 3.70. The molecule has 2 N–H and O–H groups in total. The average molecular weight is 432 g/mol. The Morgan fingerprint density at radius 2 is 1.97 bits per heavy atom. The molecule has 30 heavy (non-hydrogen) atoms. The highest BCUT2D eigenvalue weighted by Gasteiger charge is 2.46. The molecule has 1 amide bonds. The standard InChI is InChI=1S/C20H24F4N2O4/c1-11(20(22,23)24)30-16-5-14(26-8-13(16)19(21)9-29-10-19)15(27)6-18(2,7-17(25)28)12-3-4-12/h5,8,11-12H,3-4,6-7,9-10H2,1-2H3,(H2,25,28)/t11-,18?/m0/s1. The van der Waals surface area contributed by atoms with Crippen molar-refractivity contribution >= 4 is 11.7 Å². The minimum atomic E-state index is -4.67. The predicted octanol–water partition coefficient (Wildman–Crippen LogP) is 3.47. The van der Waals surface area contributed by atoms with E-state index < -0.39 is 40.8 Å². The quantitative estimate of drug-likeness (QED) is 0.477. The van der Waals surface area contributed by atoms with Crippen molar-refractivity contribution in [2.24, 2.45) is 17.1 Å². The normalized spacial score (nSPS) is 21.3. The van der Waals surface area contributed by atoms with Crippen LogP contribution in [0.15, 0.2) is 12.3 Å². The summed E-state index contributed by atoms with van der Waals surface area (Å²) in [6, 6.07) is 1.04. The molecule has 2 atom stereocenters. The fourth-order valence-electron chi connectivity index (χ4n) is 3.70. The van der Waals surface area contributed by atoms with Gasteiger partial charge in [-0.3, -0.25) is 14.6 Å². The maximum atomic E-state index is 14.8. The van der Waals surface area contributed by atoms with E-state index in [4.69, 9.17) is 15.2 Å². The number of carbonyl (C=O) groups is 2. The number of rotatable bonds is 9. The number of hydrogen-bond donors (Lipinski definition) is 1. The van der Waals surface area contributed by atoms with Crippen LogP contribution in [0.1, 0.15) is 55.6 Å². The highest BCUT2D eigenvalue weighted by atomic mass is 19.4. The van der Waals surface area contributed by atoms with Gasteiger partial charge in [0.2, 0.25) is 5.91 Å². The zero-order valence-corrected chi connectivity index (χ0v) is 16.7. The van der Waals surface area contributed by atoms with Crippen molar-refractivity contribution in [1.29, 1.82) is 0 Å². The summed E-state index contributed by atoms with van der Waals surface area (Å²) in [6.07, 6.45) is -4.16. The summed E-state index contributed by atoms with van der Waals surface area (Å²) in [5.74, 6) is -1.24. The lowest BCUT2D eigenvalue weighted by atomic mass is 9.76. The molecule has 1 saturated heterocycles. The van der Waals surface area contributed by atoms with Crippen LogP contribution < -0.4 is 10.5 Å². The predicted molar refractivity (Wildman–Crippen MR) is 97.6 cm³/mol. The van der Waals surface area contributed by atoms with Gasteiger partial charge in [-0.1, -0.05) is 6.92 Å². The smallest absolute Gasteiger partial charge is 0.425 e. The zero-order valence-electron chi connectivity index (χ0n) is 16.7. The highest BCUT2D eigenvalue weighted by Crippen LogP contribution is 2.50. The maximum Gasteiger partial charge on any atom is 0.425 e. The number of pyridine rings is 1. The number of halogens is 4. The van der Waals surface area contributed by atoms with Gasteiger partial charge in [0.25, 0.3) is 0 Å². The van der Waals surface area contributed by atoms with E-state index in [2.05, 4.69) is 4.98 Å². The first kappa shape index (κ1) is 22.5. The Morgan fingerprint density at radius 1 is 1.33 bits per heavy atom. The second-order valence-electron chi connectivity index (χ2n) is 8.50. The highest BCUT2D eigenvalue weighted by molar-refractivity contribution is 5.95. The third kappa shape index (κ3) is 4.74. The molecular formula is C20H24F4N2O4. The molecule has 2 heterocycles. The lowest BCUT2D eigenvalue weighted by Gasteiger charge is -2.35. The number of aromatic nitrogens is 1. The number of Topliss-reactive ketones (excluding diaryl/α,β-unsaturated/α-hetero) is 1. The van der Waals surface area contributed by atoms with Crippen LogP contribution in [0.2, 0.25) is 0 Å². The van der Waals surface area contributed by atoms with Crippen LogP contribution in [-0.4, -0.2) is 42.2 Å². The van der Waals surface area contributed by atoms with E-state index in [0.29, 0.717) is 0 Å². The van der Waals surface area contributed by atoms with Crippen LogP contribution >= 0.6 is 0 Å². The molecule has 0 spiro atoms. The van der Waals surface area contributed by atoms with Gasteiger partial charge in [-0.2, -0.15) is 13.2 Å². The topological polar surface area (TPSA) is 91.5 Å². The zero-order chi connectivity index (χ0) is 22.3. The summed E-state index contributed by atoms with van der Waals surface area (Å²) in [4.78, 5) is 28.3. The lowest BCUT2D eigenvalue weighted by molar-refractivity contribution is -0.190. The van der Waals surface area contributed by atoms with Crippen molar-refractivity contribution in [3.05, 3.63) is 23.5 Å². The number of nitrogens with zero attached hydrogens (tertiary/aromatic N) is 1. The Balaban J connectivity index is 1.88. The second kappa shape index (κ2) is 7.79. The fraction of sp³-hybridized carbons (Fsp3) is 0.650. The maximum absolute atomic E-state index is 14.8. The average Bonchev–Trinajstić information content (AvgIpc) is 3.43. The van der Waals surface area contributed by atoms with Crippen LogP contribution in [0, 0.1) is 11.3 Å². The number of alkyl halides is 4. The van der Waals surface area contributed by atoms with E-state index in [9.17, 15) is 27.2 Å². The molecule has 1 aliphatic carbocycles. The molecule has 1 aliphatic heterocycles. The molecule has 3 rings (SSSR count). The van der Waals surface area contributed by atoms with Crippen molar-refractivity contribution in [3.8, 4) is 5.75 Å². The van der Waals surface area contributed by atoms with Crippen LogP contribution in [0.3, 0.4) is 0 Å². The van der Waals surface area contributed by atoms with Gasteiger partial charge in [-0.15, -0.1) is 0 Å². The van der Waals surface area contributed by atoms with Gasteiger partial charge in [-0.05, 0) is 31.1 Å². The van der Waals surface area contributed by atoms with Crippen molar-refractivity contribution in [2.75, 3.05) is 13.2 Å². The number of ketones is 1. The number of carbonyl (C=O) groups excluding carboxylic acids is 2. The van der Waals surface area contributed by atoms with Crippen molar-refractivity contribution in [1.82, 2.24) is 4.98 Å². The molecule has 1 unspecified atom stereocenters. The first-order valence-corrected chi connectivity index (χ1v) is 9.66. The monoisotopic (exact) mass is 432 g/mol. The third-order valence-corrected chi connectivity index (χ3v) is 5.77. The van der Waals surface area contributed by atoms with Crippen molar-refractivity contribution in [2.45, 2.75) is 57.5 Å². The van der Waals surface area contributed by atoms with E-state index in [1.165, 1.54) is 0 Å². The van der Waals surface area contributed by atoms with Crippen LogP contribution in [-0.2, 0) is 15.2 Å². The van der Waals surface area contributed by atoms with Gasteiger partial charge < -0.3 is 15.2 Å². The Hall–Kier alpha value is -2.23. The summed E-state index contributed by atoms with van der Waals surface area (Å²) in [7, 11) is 0. The SMILES string of the molecule is C[C@H](Oc1cc(C(=O)CC(C)(CC(N)=O)C2CC2)ncc1C1(F)COC1)C(F)(F)F.